The molecule has 1 aromatic carbocycles. The van der Waals surface area contributed by atoms with Crippen molar-refractivity contribution in [1.29, 1.82) is 0 Å². The van der Waals surface area contributed by atoms with Crippen LogP contribution in [0.4, 0.5) is 5.69 Å². The van der Waals surface area contributed by atoms with Crippen molar-refractivity contribution in [2.75, 3.05) is 52.3 Å². The van der Waals surface area contributed by atoms with Gasteiger partial charge >= 0.3 is 0 Å². The fourth-order valence-electron chi connectivity index (χ4n) is 4.77. The summed E-state index contributed by atoms with van der Waals surface area (Å²) in [5.41, 5.74) is -0.678. The highest BCUT2D eigenvalue weighted by Crippen LogP contribution is 2.39. The van der Waals surface area contributed by atoms with Crippen molar-refractivity contribution < 1.29 is 23.9 Å². The van der Waals surface area contributed by atoms with Crippen molar-refractivity contribution >= 4 is 35.8 Å². The summed E-state index contributed by atoms with van der Waals surface area (Å²) < 4.78 is 11.2. The number of piperidine rings is 1. The lowest BCUT2D eigenvalue weighted by Crippen LogP contribution is -2.62. The first-order valence-corrected chi connectivity index (χ1v) is 12.0. The van der Waals surface area contributed by atoms with E-state index in [0.717, 1.165) is 25.9 Å². The maximum Gasteiger partial charge on any atom is 0.280 e. The molecule has 0 saturated carbocycles. The van der Waals surface area contributed by atoms with Crippen molar-refractivity contribution in [3.05, 3.63) is 23.8 Å². The van der Waals surface area contributed by atoms with E-state index in [1.807, 2.05) is 18.7 Å². The molecule has 0 bridgehead atoms. The highest BCUT2D eigenvalue weighted by atomic mass is 35.5. The molecular weight excluding hydrogens is 472 g/mol. The molecule has 0 radical (unpaired) electrons. The van der Waals surface area contributed by atoms with Crippen molar-refractivity contribution in [2.24, 2.45) is 0 Å². The topological polar surface area (TPSA) is 91.4 Å². The first-order chi connectivity index (χ1) is 16.1. The van der Waals surface area contributed by atoms with E-state index in [2.05, 4.69) is 5.32 Å². The normalized spacial score (nSPS) is 21.6. The Balaban J connectivity index is 0.00000432. The van der Waals surface area contributed by atoms with E-state index in [1.54, 1.807) is 44.3 Å². The molecule has 1 N–H and O–H groups in total. The quantitative estimate of drug-likeness (QED) is 0.426. The van der Waals surface area contributed by atoms with Gasteiger partial charge in [-0.2, -0.15) is 0 Å². The number of amides is 3. The Morgan fingerprint density at radius 2 is 2.03 bits per heavy atom. The molecule has 0 aliphatic carbocycles. The third-order valence-corrected chi connectivity index (χ3v) is 6.46. The number of fused-ring (bicyclic) bond motifs is 1. The van der Waals surface area contributed by atoms with Gasteiger partial charge in [-0.25, -0.2) is 0 Å². The summed E-state index contributed by atoms with van der Waals surface area (Å²) in [4.78, 5) is 44.9. The second-order valence-corrected chi connectivity index (χ2v) is 9.63. The van der Waals surface area contributed by atoms with Crippen molar-refractivity contribution in [3.63, 3.8) is 0 Å². The Bertz CT molecular complexity index is 919. The summed E-state index contributed by atoms with van der Waals surface area (Å²) in [5.74, 6) is -0.553. The smallest absolute Gasteiger partial charge is 0.280 e. The summed E-state index contributed by atoms with van der Waals surface area (Å²) in [7, 11) is 4.79. The molecule has 1 aromatic rings. The van der Waals surface area contributed by atoms with Gasteiger partial charge < -0.3 is 29.5 Å². The van der Waals surface area contributed by atoms with Crippen LogP contribution < -0.4 is 15.0 Å². The van der Waals surface area contributed by atoms with Crippen molar-refractivity contribution in [2.45, 2.75) is 57.7 Å². The van der Waals surface area contributed by atoms with Crippen LogP contribution in [-0.4, -0.2) is 92.7 Å². The molecule has 1 fully saturated rings. The standard InChI is InChI=1S/C25H38N4O5.ClH/c1-17(2)29(19-9-7-12-26-16-19)22(30)18-10-11-21-20(15-18)28(13-8-14-33-6)24(32)25(3,34-21)23(31)27(4)5;/h10-11,15,17,19,26H,7-9,12-14,16H2,1-6H3;1H/t19-,25?;/m1./s1. The van der Waals surface area contributed by atoms with Crippen LogP contribution in [0.3, 0.4) is 0 Å². The predicted molar refractivity (Wildman–Crippen MR) is 137 cm³/mol. The number of likely N-dealkylation sites (N-methyl/N-ethyl adjacent to an activating group) is 1. The number of nitrogens with zero attached hydrogens (tertiary/aromatic N) is 3. The number of ether oxygens (including phenoxy) is 2. The SMILES string of the molecule is COCCCN1C(=O)C(C)(C(=O)N(C)C)Oc2ccc(C(=O)N(C(C)C)[C@@H]3CCCNC3)cc21.Cl. The number of halogens is 1. The lowest BCUT2D eigenvalue weighted by atomic mass is 9.97. The maximum absolute atomic E-state index is 13.6. The number of methoxy groups -OCH3 is 1. The Kier molecular flexibility index (Phi) is 9.94. The molecule has 1 saturated heterocycles. The number of anilines is 1. The summed E-state index contributed by atoms with van der Waals surface area (Å²) >= 11 is 0. The predicted octanol–water partition coefficient (Wildman–Crippen LogP) is 2.32. The number of hydrogen-bond donors (Lipinski definition) is 1. The first-order valence-electron chi connectivity index (χ1n) is 12.0. The lowest BCUT2D eigenvalue weighted by molar-refractivity contribution is -0.154. The zero-order valence-corrected chi connectivity index (χ0v) is 22.4. The fraction of sp³-hybridized carbons (Fsp3) is 0.640. The van der Waals surface area contributed by atoms with Gasteiger partial charge in [-0.1, -0.05) is 0 Å². The van der Waals surface area contributed by atoms with Gasteiger partial charge in [0.15, 0.2) is 0 Å². The van der Waals surface area contributed by atoms with Crippen LogP contribution in [0.1, 0.15) is 50.4 Å². The molecule has 0 aromatic heterocycles. The maximum atomic E-state index is 13.6. The van der Waals surface area contributed by atoms with Gasteiger partial charge in [0.1, 0.15) is 5.75 Å². The van der Waals surface area contributed by atoms with E-state index in [-0.39, 0.29) is 30.4 Å². The molecule has 0 spiro atoms. The van der Waals surface area contributed by atoms with Gasteiger partial charge in [0.25, 0.3) is 23.3 Å². The summed E-state index contributed by atoms with van der Waals surface area (Å²) in [5, 5.41) is 3.38. The van der Waals surface area contributed by atoms with Crippen molar-refractivity contribution in [3.8, 4) is 5.75 Å². The summed E-state index contributed by atoms with van der Waals surface area (Å²) in [6.07, 6.45) is 2.56. The average molecular weight is 511 g/mol. The van der Waals surface area contributed by atoms with E-state index in [9.17, 15) is 14.4 Å². The number of carbonyl (C=O) groups is 3. The highest BCUT2D eigenvalue weighted by molar-refractivity contribution is 6.16. The molecule has 10 heteroatoms. The molecule has 2 aliphatic heterocycles. The number of carbonyl (C=O) groups excluding carboxylic acids is 3. The number of benzene rings is 1. The Labute approximate surface area is 214 Å². The molecule has 3 amide bonds. The minimum absolute atomic E-state index is 0. The van der Waals surface area contributed by atoms with Gasteiger partial charge in [-0.15, -0.1) is 12.4 Å². The third kappa shape index (κ3) is 5.90. The van der Waals surface area contributed by atoms with E-state index in [4.69, 9.17) is 9.47 Å². The molecular formula is C25H39ClN4O5. The van der Waals surface area contributed by atoms with Crippen LogP contribution in [0.25, 0.3) is 0 Å². The molecule has 9 nitrogen and oxygen atoms in total. The average Bonchev–Trinajstić information content (AvgIpc) is 2.81. The number of hydrogen-bond acceptors (Lipinski definition) is 6. The summed E-state index contributed by atoms with van der Waals surface area (Å²) in [6.45, 7) is 8.09. The zero-order valence-electron chi connectivity index (χ0n) is 21.6. The van der Waals surface area contributed by atoms with Crippen LogP contribution in [0.5, 0.6) is 5.75 Å². The highest BCUT2D eigenvalue weighted by Gasteiger charge is 2.51. The Morgan fingerprint density at radius 3 is 2.60 bits per heavy atom. The fourth-order valence-corrected chi connectivity index (χ4v) is 4.77. The van der Waals surface area contributed by atoms with E-state index >= 15 is 0 Å². The molecule has 2 aliphatic rings. The van der Waals surface area contributed by atoms with E-state index in [0.29, 0.717) is 36.6 Å². The monoisotopic (exact) mass is 510 g/mol. The van der Waals surface area contributed by atoms with Crippen molar-refractivity contribution in [1.82, 2.24) is 15.1 Å². The van der Waals surface area contributed by atoms with E-state index in [1.165, 1.54) is 11.8 Å². The van der Waals surface area contributed by atoms with Crippen LogP contribution >= 0.6 is 12.4 Å². The van der Waals surface area contributed by atoms with Gasteiger partial charge in [-0.05, 0) is 64.8 Å². The van der Waals surface area contributed by atoms with Gasteiger partial charge in [-0.3, -0.25) is 14.4 Å². The molecule has 196 valence electrons. The molecule has 3 rings (SSSR count). The second-order valence-electron chi connectivity index (χ2n) is 9.63. The Morgan fingerprint density at radius 1 is 1.31 bits per heavy atom. The lowest BCUT2D eigenvalue weighted by Gasteiger charge is -2.41. The molecule has 2 heterocycles. The molecule has 2 atom stereocenters. The minimum atomic E-state index is -1.67. The van der Waals surface area contributed by atoms with Gasteiger partial charge in [0.2, 0.25) is 0 Å². The van der Waals surface area contributed by atoms with Crippen LogP contribution in [0, 0.1) is 0 Å². The second kappa shape index (κ2) is 12.1. The summed E-state index contributed by atoms with van der Waals surface area (Å²) in [6, 6.07) is 5.28. The van der Waals surface area contributed by atoms with Gasteiger partial charge in [0.05, 0.1) is 5.69 Å². The molecule has 35 heavy (non-hydrogen) atoms. The van der Waals surface area contributed by atoms with Crippen LogP contribution in [0.2, 0.25) is 0 Å². The first kappa shape index (κ1) is 28.9. The zero-order chi connectivity index (χ0) is 25.0. The minimum Gasteiger partial charge on any atom is -0.465 e. The van der Waals surface area contributed by atoms with Gasteiger partial charge in [0, 0.05) is 58.5 Å². The molecule has 1 unspecified atom stereocenters. The van der Waals surface area contributed by atoms with Crippen LogP contribution in [-0.2, 0) is 14.3 Å². The number of nitrogens with one attached hydrogen (secondary N) is 1. The number of rotatable bonds is 8. The largest absolute Gasteiger partial charge is 0.465 e. The third-order valence-electron chi connectivity index (χ3n) is 6.46. The van der Waals surface area contributed by atoms with E-state index < -0.39 is 17.4 Å². The Hall–Kier alpha value is -2.36. The van der Waals surface area contributed by atoms with Crippen LogP contribution in [0.15, 0.2) is 18.2 Å².